The third kappa shape index (κ3) is 6.17. The van der Waals surface area contributed by atoms with Gasteiger partial charge in [-0.25, -0.2) is 0 Å². The van der Waals surface area contributed by atoms with Gasteiger partial charge in [0.2, 0.25) is 0 Å². The molecule has 4 aromatic heterocycles. The third-order valence-electron chi connectivity index (χ3n) is 16.5. The highest BCUT2D eigenvalue weighted by Gasteiger charge is 2.32. The van der Waals surface area contributed by atoms with E-state index in [0.29, 0.717) is 0 Å². The molecule has 13 rings (SSSR count). The predicted molar refractivity (Wildman–Crippen MR) is 311 cm³/mol. The van der Waals surface area contributed by atoms with Gasteiger partial charge in [-0.2, -0.15) is 0 Å². The lowest BCUT2D eigenvalue weighted by atomic mass is 9.85. The van der Waals surface area contributed by atoms with Crippen molar-refractivity contribution in [2.75, 3.05) is 9.80 Å². The summed E-state index contributed by atoms with van der Waals surface area (Å²) in [5.74, 6) is 0. The minimum absolute atomic E-state index is 0.112. The van der Waals surface area contributed by atoms with Gasteiger partial charge in [0.15, 0.2) is 0 Å². The minimum atomic E-state index is -0.112. The molecular weight excluding hydrogens is 873 g/mol. The number of hydrogen-bond donors (Lipinski definition) is 0. The first-order valence-electron chi connectivity index (χ1n) is 25.8. The third-order valence-corrected chi connectivity index (χ3v) is 16.5. The first kappa shape index (κ1) is 44.1. The summed E-state index contributed by atoms with van der Waals surface area (Å²) in [7, 11) is 0. The summed E-state index contributed by atoms with van der Waals surface area (Å²) in [5, 5.41) is 10.2. The fraction of sp³-hybridized carbons (Fsp3) is 0.206. The molecule has 0 bridgehead atoms. The maximum absolute atomic E-state index is 2.64. The predicted octanol–water partition coefficient (Wildman–Crippen LogP) is 19.4. The van der Waals surface area contributed by atoms with Crippen molar-refractivity contribution in [2.24, 2.45) is 0 Å². The number of benzene rings is 9. The van der Waals surface area contributed by atoms with Gasteiger partial charge in [0.05, 0.1) is 44.5 Å². The molecule has 354 valence electrons. The van der Waals surface area contributed by atoms with Crippen LogP contribution in [0.3, 0.4) is 0 Å². The summed E-state index contributed by atoms with van der Waals surface area (Å²) in [6.45, 7) is 27.6. The zero-order valence-electron chi connectivity index (χ0n) is 43.8. The fourth-order valence-electron chi connectivity index (χ4n) is 12.5. The molecule has 0 amide bonds. The van der Waals surface area contributed by atoms with Crippen molar-refractivity contribution in [1.29, 1.82) is 0 Å². The molecule has 0 unspecified atom stereocenters. The Kier molecular flexibility index (Phi) is 9.41. The Hall–Kier alpha value is -7.82. The highest BCUT2D eigenvalue weighted by molar-refractivity contribution is 6.32. The van der Waals surface area contributed by atoms with Crippen molar-refractivity contribution in [3.8, 4) is 0 Å². The van der Waals surface area contributed by atoms with Crippen LogP contribution in [0.1, 0.15) is 86.1 Å². The summed E-state index contributed by atoms with van der Waals surface area (Å²) in [6, 6.07) is 60.1. The molecule has 0 atom stereocenters. The minimum Gasteiger partial charge on any atom is -0.310 e. The molecule has 0 aliphatic carbocycles. The van der Waals surface area contributed by atoms with Crippen LogP contribution >= 0.6 is 0 Å². The van der Waals surface area contributed by atoms with E-state index in [1.54, 1.807) is 0 Å². The molecule has 0 saturated carbocycles. The second-order valence-electron chi connectivity index (χ2n) is 22.9. The van der Waals surface area contributed by atoms with Crippen LogP contribution in [0.4, 0.5) is 34.1 Å². The van der Waals surface area contributed by atoms with Crippen LogP contribution in [0.15, 0.2) is 158 Å². The van der Waals surface area contributed by atoms with Gasteiger partial charge in [0.25, 0.3) is 0 Å². The zero-order valence-corrected chi connectivity index (χ0v) is 43.8. The normalized spacial score (nSPS) is 12.7. The van der Waals surface area contributed by atoms with E-state index in [0.717, 1.165) is 11.4 Å². The summed E-state index contributed by atoms with van der Waals surface area (Å²) in [5.41, 5.74) is 24.9. The van der Waals surface area contributed by atoms with E-state index in [-0.39, 0.29) is 10.8 Å². The summed E-state index contributed by atoms with van der Waals surface area (Å²) in [6.07, 6.45) is 0. The van der Waals surface area contributed by atoms with Gasteiger partial charge in [-0.3, -0.25) is 0 Å². The van der Waals surface area contributed by atoms with E-state index in [1.807, 2.05) is 0 Å². The molecule has 0 radical (unpaired) electrons. The van der Waals surface area contributed by atoms with E-state index in [4.69, 9.17) is 0 Å². The molecule has 0 aliphatic heterocycles. The maximum atomic E-state index is 2.64. The van der Waals surface area contributed by atoms with Crippen LogP contribution in [-0.2, 0) is 10.8 Å². The summed E-state index contributed by atoms with van der Waals surface area (Å²) >= 11 is 0. The van der Waals surface area contributed by atoms with Gasteiger partial charge in [-0.05, 0) is 170 Å². The first-order valence-corrected chi connectivity index (χ1v) is 25.8. The smallest absolute Gasteiger partial charge is 0.0641 e. The van der Waals surface area contributed by atoms with Crippen LogP contribution < -0.4 is 9.80 Å². The topological polar surface area (TPSA) is 15.3 Å². The van der Waals surface area contributed by atoms with E-state index in [2.05, 4.69) is 259 Å². The molecule has 0 fully saturated rings. The largest absolute Gasteiger partial charge is 0.310 e. The lowest BCUT2D eigenvalue weighted by Gasteiger charge is -2.28. The van der Waals surface area contributed by atoms with Crippen LogP contribution in [0, 0.1) is 41.5 Å². The Morgan fingerprint density at radius 2 is 0.681 bits per heavy atom. The lowest BCUT2D eigenvalue weighted by molar-refractivity contribution is 0.594. The number of anilines is 6. The average molecular weight is 935 g/mol. The van der Waals surface area contributed by atoms with Gasteiger partial charge in [-0.1, -0.05) is 126 Å². The molecule has 0 spiro atoms. The zero-order chi connectivity index (χ0) is 49.9. The molecule has 72 heavy (non-hydrogen) atoms. The highest BCUT2D eigenvalue weighted by atomic mass is 15.2. The quantitative estimate of drug-likeness (QED) is 0.165. The van der Waals surface area contributed by atoms with Crippen molar-refractivity contribution in [3.63, 3.8) is 0 Å². The van der Waals surface area contributed by atoms with Gasteiger partial charge in [0.1, 0.15) is 0 Å². The summed E-state index contributed by atoms with van der Waals surface area (Å²) in [4.78, 5) is 5.00. The Labute approximate surface area is 423 Å². The maximum Gasteiger partial charge on any atom is 0.0641 e. The van der Waals surface area contributed by atoms with Crippen molar-refractivity contribution in [3.05, 3.63) is 202 Å². The second kappa shape index (κ2) is 15.3. The number of hydrogen-bond acceptors (Lipinski definition) is 2. The number of para-hydroxylation sites is 4. The van der Waals surface area contributed by atoms with Crippen molar-refractivity contribution in [2.45, 2.75) is 93.9 Å². The van der Waals surface area contributed by atoms with E-state index in [1.165, 1.54) is 143 Å². The SMILES string of the molecule is Cc1cc(N(c2ccccc2)c2ccc3c4cc5c(cc4n4c6c(C(C)(C)C)cccc6c2c34)c2ccc(N(c3ccccc3)c3cc(C)c(C)c(C)c3)c3c4cccc(C(C)(C)C)c4n5c23)cc(C)c1C. The van der Waals surface area contributed by atoms with E-state index >= 15 is 0 Å². The van der Waals surface area contributed by atoms with Crippen molar-refractivity contribution < 1.29 is 0 Å². The second-order valence-corrected chi connectivity index (χ2v) is 22.9. The Bertz CT molecular complexity index is 4010. The van der Waals surface area contributed by atoms with Crippen LogP contribution in [-0.4, -0.2) is 8.80 Å². The fourth-order valence-corrected chi connectivity index (χ4v) is 12.5. The monoisotopic (exact) mass is 934 g/mol. The van der Waals surface area contributed by atoms with Crippen molar-refractivity contribution >= 4 is 110 Å². The standard InChI is InChI=1S/C68H62N4/c1-39-33-47(34-40(2)43(39)5)69(45-21-15-13-16-22-45)57-31-29-49-53-37-60-54(38-59(53)71-63-51(61(57)65(49)71)25-19-27-55(63)67(7,8)9)50-30-32-58(62-52-26-20-28-56(68(10,11)12)64(52)72(60)66(50)62)70(46-23-17-14-18-24-46)48-35-41(3)44(6)42(4)36-48/h13-38H,1-12H3. The number of aromatic nitrogens is 2. The van der Waals surface area contributed by atoms with Crippen LogP contribution in [0.25, 0.3) is 76.2 Å². The number of rotatable bonds is 6. The molecule has 4 heteroatoms. The average Bonchev–Trinajstić information content (AvgIpc) is 4.08. The first-order chi connectivity index (χ1) is 34.5. The molecule has 13 aromatic rings. The van der Waals surface area contributed by atoms with E-state index in [9.17, 15) is 0 Å². The van der Waals surface area contributed by atoms with Gasteiger partial charge < -0.3 is 18.6 Å². The Morgan fingerprint density at radius 1 is 0.319 bits per heavy atom. The molecule has 0 N–H and O–H groups in total. The van der Waals surface area contributed by atoms with Gasteiger partial charge in [0, 0.05) is 65.8 Å². The summed E-state index contributed by atoms with van der Waals surface area (Å²) < 4.78 is 5.29. The number of aryl methyl sites for hydroxylation is 4. The molecule has 4 nitrogen and oxygen atoms in total. The molecule has 0 saturated heterocycles. The van der Waals surface area contributed by atoms with Crippen LogP contribution in [0.2, 0.25) is 0 Å². The Morgan fingerprint density at radius 3 is 1.03 bits per heavy atom. The highest BCUT2D eigenvalue weighted by Crippen LogP contribution is 2.53. The van der Waals surface area contributed by atoms with Crippen molar-refractivity contribution in [1.82, 2.24) is 8.80 Å². The molecule has 9 aromatic carbocycles. The number of fused-ring (bicyclic) bond motifs is 12. The van der Waals surface area contributed by atoms with E-state index < -0.39 is 0 Å². The van der Waals surface area contributed by atoms with Crippen LogP contribution in [0.5, 0.6) is 0 Å². The lowest BCUT2D eigenvalue weighted by Crippen LogP contribution is -2.12. The van der Waals surface area contributed by atoms with Gasteiger partial charge >= 0.3 is 0 Å². The Balaban J connectivity index is 1.19. The molecule has 0 aliphatic rings. The van der Waals surface area contributed by atoms with Gasteiger partial charge in [-0.15, -0.1) is 0 Å². The molecular formula is C68H62N4. The number of nitrogens with zero attached hydrogens (tertiary/aromatic N) is 4. The molecule has 4 heterocycles.